The van der Waals surface area contributed by atoms with Crippen molar-refractivity contribution in [3.05, 3.63) is 71.9 Å². The number of carbonyl (C=O) groups excluding carboxylic acids is 5. The molecular weight excluding hydrogens is 666 g/mol. The second kappa shape index (κ2) is 17.6. The van der Waals surface area contributed by atoms with Crippen LogP contribution in [0.15, 0.2) is 60.8 Å². The van der Waals surface area contributed by atoms with Crippen LogP contribution in [0.4, 0.5) is 0 Å². The average Bonchev–Trinajstić information content (AvgIpc) is 3.77. The molecule has 2 aromatic carbocycles. The number of nitrogens with two attached hydrogens (primary N) is 1. The normalized spacial score (nSPS) is 17.2. The number of nitrogens with zero attached hydrogens (tertiary/aromatic N) is 1. The number of carbonyl (C=O) groups is 6. The summed E-state index contributed by atoms with van der Waals surface area (Å²) >= 11 is 4.05. The van der Waals surface area contributed by atoms with Crippen LogP contribution in [0.2, 0.25) is 0 Å². The summed E-state index contributed by atoms with van der Waals surface area (Å²) in [6.45, 7) is 0.846. The molecule has 1 aromatic heterocycles. The van der Waals surface area contributed by atoms with Crippen molar-refractivity contribution in [3.8, 4) is 0 Å². The van der Waals surface area contributed by atoms with Crippen molar-refractivity contribution in [2.24, 2.45) is 5.73 Å². The minimum Gasteiger partial charge on any atom is -0.480 e. The third-order valence-corrected chi connectivity index (χ3v) is 8.92. The van der Waals surface area contributed by atoms with Crippen LogP contribution in [-0.2, 0) is 41.6 Å². The number of rotatable bonds is 16. The maximum Gasteiger partial charge on any atom is 0.328 e. The number of benzene rings is 2. The van der Waals surface area contributed by atoms with Crippen molar-refractivity contribution in [3.63, 3.8) is 0 Å². The van der Waals surface area contributed by atoms with E-state index in [1.165, 1.54) is 11.8 Å². The van der Waals surface area contributed by atoms with Gasteiger partial charge < -0.3 is 47.1 Å². The summed E-state index contributed by atoms with van der Waals surface area (Å²) in [5.41, 5.74) is 8.92. The third kappa shape index (κ3) is 9.61. The van der Waals surface area contributed by atoms with Gasteiger partial charge in [-0.25, -0.2) is 4.79 Å². The SMILES string of the molecule is C[C@H](NC(=O)[C@H](Cc1ccccc1)NC(=O)[C@@H]1CCCN1C(=O)[C@@H](N)Cc1c[nH]c2ccccc12)C(=O)N[C@@H](CS)C(=O)N[C@@H](CO)C(=O)O. The number of likely N-dealkylation sites (tertiary alicyclic amines) is 1. The summed E-state index contributed by atoms with van der Waals surface area (Å²) in [6.07, 6.45) is 3.11. The van der Waals surface area contributed by atoms with Crippen LogP contribution in [0.25, 0.3) is 10.9 Å². The first kappa shape index (κ1) is 37.9. The molecule has 3 aromatic rings. The fourth-order valence-electron chi connectivity index (χ4n) is 5.80. The maximum atomic E-state index is 13.7. The van der Waals surface area contributed by atoms with E-state index in [1.807, 2.05) is 30.5 Å². The van der Waals surface area contributed by atoms with E-state index in [2.05, 4.69) is 38.9 Å². The molecule has 0 spiro atoms. The largest absolute Gasteiger partial charge is 0.480 e. The molecule has 0 saturated carbocycles. The predicted octanol–water partition coefficient (Wildman–Crippen LogP) is -0.763. The van der Waals surface area contributed by atoms with Gasteiger partial charge in [-0.15, -0.1) is 0 Å². The Morgan fingerprint density at radius 3 is 2.24 bits per heavy atom. The zero-order chi connectivity index (χ0) is 36.4. The first-order chi connectivity index (χ1) is 23.9. The van der Waals surface area contributed by atoms with Crippen LogP contribution >= 0.6 is 12.6 Å². The highest BCUT2D eigenvalue weighted by molar-refractivity contribution is 7.80. The summed E-state index contributed by atoms with van der Waals surface area (Å²) < 4.78 is 0. The van der Waals surface area contributed by atoms with Crippen molar-refractivity contribution in [1.82, 2.24) is 31.2 Å². The van der Waals surface area contributed by atoms with Crippen LogP contribution in [0, 0.1) is 0 Å². The predicted molar refractivity (Wildman–Crippen MR) is 187 cm³/mol. The third-order valence-electron chi connectivity index (χ3n) is 8.55. The highest BCUT2D eigenvalue weighted by atomic mass is 32.1. The van der Waals surface area contributed by atoms with Crippen molar-refractivity contribution in [2.75, 3.05) is 18.9 Å². The number of amides is 5. The van der Waals surface area contributed by atoms with Crippen molar-refractivity contribution in [1.29, 1.82) is 0 Å². The Bertz CT molecular complexity index is 1690. The highest BCUT2D eigenvalue weighted by Gasteiger charge is 2.38. The summed E-state index contributed by atoms with van der Waals surface area (Å²) in [5, 5.41) is 29.1. The van der Waals surface area contributed by atoms with Gasteiger partial charge in [-0.3, -0.25) is 24.0 Å². The number of thiol groups is 1. The second-order valence-electron chi connectivity index (χ2n) is 12.2. The number of fused-ring (bicyclic) bond motifs is 1. The number of aromatic amines is 1. The minimum absolute atomic E-state index is 0.0763. The number of aliphatic hydroxyl groups excluding tert-OH is 1. The van der Waals surface area contributed by atoms with Crippen LogP contribution in [-0.4, -0.2) is 111 Å². The lowest BCUT2D eigenvalue weighted by Gasteiger charge is -2.29. The van der Waals surface area contributed by atoms with E-state index in [1.54, 1.807) is 30.3 Å². The van der Waals surface area contributed by atoms with Gasteiger partial charge in [0.05, 0.1) is 12.6 Å². The van der Waals surface area contributed by atoms with E-state index in [0.29, 0.717) is 19.4 Å². The number of carboxylic acids is 1. The van der Waals surface area contributed by atoms with Gasteiger partial charge in [-0.05, 0) is 43.4 Å². The molecule has 0 bridgehead atoms. The molecule has 268 valence electrons. The number of aliphatic hydroxyl groups is 1. The smallest absolute Gasteiger partial charge is 0.328 e. The molecule has 0 radical (unpaired) electrons. The Balaban J connectivity index is 1.41. The Morgan fingerprint density at radius 2 is 1.56 bits per heavy atom. The van der Waals surface area contributed by atoms with E-state index in [-0.39, 0.29) is 24.5 Å². The Hall–Kier alpha value is -4.93. The fourth-order valence-corrected chi connectivity index (χ4v) is 6.05. The number of para-hydroxylation sites is 1. The number of hydrogen-bond donors (Lipinski definition) is 9. The molecule has 6 atom stereocenters. The summed E-state index contributed by atoms with van der Waals surface area (Å²) in [5.74, 6) is -4.93. The van der Waals surface area contributed by atoms with E-state index >= 15 is 0 Å². The van der Waals surface area contributed by atoms with Gasteiger partial charge in [0.1, 0.15) is 30.2 Å². The van der Waals surface area contributed by atoms with Crippen molar-refractivity contribution >= 4 is 59.0 Å². The molecule has 1 aliphatic rings. The lowest BCUT2D eigenvalue weighted by molar-refractivity contribution is -0.143. The molecule has 0 unspecified atom stereocenters. The zero-order valence-corrected chi connectivity index (χ0v) is 28.4. The van der Waals surface area contributed by atoms with Gasteiger partial charge in [-0.2, -0.15) is 12.6 Å². The highest BCUT2D eigenvalue weighted by Crippen LogP contribution is 2.22. The molecule has 1 saturated heterocycles. The fraction of sp³-hybridized carbons (Fsp3) is 0.412. The average molecular weight is 710 g/mol. The number of aromatic nitrogens is 1. The first-order valence-electron chi connectivity index (χ1n) is 16.2. The maximum absolute atomic E-state index is 13.7. The molecule has 1 fully saturated rings. The summed E-state index contributed by atoms with van der Waals surface area (Å²) in [7, 11) is 0. The molecule has 5 amide bonds. The standard InChI is InChI=1S/C34H43N7O8S/c1-19(29(43)40-27(18-50)31(45)39-26(17-42)34(48)49)37-30(44)25(14-20-8-3-2-4-9-20)38-32(46)28-12-7-13-41(28)33(47)23(35)15-21-16-36-24-11-6-5-10-22(21)24/h2-6,8-11,16,19,23,25-28,36,42,50H,7,12-15,17-18,35H2,1H3,(H,37,44)(H,38,46)(H,39,45)(H,40,43)(H,48,49)/t19-,23-,25-,26-,27-,28-/m0/s1. The van der Waals surface area contributed by atoms with Crippen LogP contribution < -0.4 is 27.0 Å². The Morgan fingerprint density at radius 1 is 0.900 bits per heavy atom. The molecule has 9 N–H and O–H groups in total. The molecule has 0 aliphatic carbocycles. The van der Waals surface area contributed by atoms with Gasteiger partial charge in [-0.1, -0.05) is 48.5 Å². The van der Waals surface area contributed by atoms with Gasteiger partial charge in [0, 0.05) is 35.8 Å². The second-order valence-corrected chi connectivity index (χ2v) is 12.5. The molecule has 50 heavy (non-hydrogen) atoms. The van der Waals surface area contributed by atoms with Crippen LogP contribution in [0.3, 0.4) is 0 Å². The van der Waals surface area contributed by atoms with E-state index < -0.39 is 72.5 Å². The summed E-state index contributed by atoms with van der Waals surface area (Å²) in [6, 6.07) is 9.68. The number of carboxylic acid groups (broad SMARTS) is 1. The molecule has 1 aliphatic heterocycles. The summed E-state index contributed by atoms with van der Waals surface area (Å²) in [4.78, 5) is 82.1. The topological polar surface area (TPSA) is 236 Å². The van der Waals surface area contributed by atoms with E-state index in [4.69, 9.17) is 10.8 Å². The molecular formula is C34H43N7O8S. The minimum atomic E-state index is -1.58. The quantitative estimate of drug-likeness (QED) is 0.0849. The first-order valence-corrected chi connectivity index (χ1v) is 16.9. The zero-order valence-electron chi connectivity index (χ0n) is 27.5. The van der Waals surface area contributed by atoms with Gasteiger partial charge in [0.2, 0.25) is 29.5 Å². The number of hydrogen-bond acceptors (Lipinski definition) is 9. The molecule has 16 heteroatoms. The molecule has 4 rings (SSSR count). The van der Waals surface area contributed by atoms with Gasteiger partial charge in [0.25, 0.3) is 0 Å². The number of aliphatic carboxylic acids is 1. The molecule has 2 heterocycles. The van der Waals surface area contributed by atoms with Gasteiger partial charge >= 0.3 is 5.97 Å². The van der Waals surface area contributed by atoms with Crippen molar-refractivity contribution < 1.29 is 39.0 Å². The Kier molecular flexibility index (Phi) is 13.4. The lowest BCUT2D eigenvalue weighted by Crippen LogP contribution is -2.59. The van der Waals surface area contributed by atoms with E-state index in [0.717, 1.165) is 22.0 Å². The van der Waals surface area contributed by atoms with Crippen LogP contribution in [0.1, 0.15) is 30.9 Å². The number of H-pyrrole nitrogens is 1. The number of nitrogens with one attached hydrogen (secondary N) is 5. The Labute approximate surface area is 294 Å². The lowest BCUT2D eigenvalue weighted by atomic mass is 10.0. The van der Waals surface area contributed by atoms with Gasteiger partial charge in [0.15, 0.2) is 0 Å². The monoisotopic (exact) mass is 709 g/mol. The molecule has 15 nitrogen and oxygen atoms in total. The van der Waals surface area contributed by atoms with E-state index in [9.17, 15) is 33.9 Å². The van der Waals surface area contributed by atoms with Crippen LogP contribution in [0.5, 0.6) is 0 Å². The van der Waals surface area contributed by atoms with Crippen molar-refractivity contribution in [2.45, 2.75) is 68.9 Å².